The number of halogens is 3. The van der Waals surface area contributed by atoms with Gasteiger partial charge in [-0.1, -0.05) is 60.7 Å². The molecule has 0 aliphatic heterocycles. The lowest BCUT2D eigenvalue weighted by Crippen LogP contribution is -2.32. The van der Waals surface area contributed by atoms with Crippen LogP contribution in [-0.4, -0.2) is 40.4 Å². The standard InChI is InChI=1S/C28H25F3N4O4/c1-38-21-4-2-3-20(14-21)17-9-11-18(12-10-17)25(28(29,30)31)39-24-15-23(33)34-26(35-24)19-7-5-16(6-8-19)13-22(32)27(36)37/h2-12,14-15,22,25H,13,32H2,1H3,(H,36,37)(H2,33,34,35)/t22-,25+/m0/s1. The van der Waals surface area contributed by atoms with Gasteiger partial charge < -0.3 is 26.0 Å². The van der Waals surface area contributed by atoms with Crippen molar-refractivity contribution in [1.29, 1.82) is 0 Å². The van der Waals surface area contributed by atoms with E-state index in [4.69, 9.17) is 26.0 Å². The molecule has 8 nitrogen and oxygen atoms in total. The van der Waals surface area contributed by atoms with Crippen molar-refractivity contribution in [2.75, 3.05) is 12.8 Å². The third-order valence-corrected chi connectivity index (χ3v) is 5.86. The van der Waals surface area contributed by atoms with Crippen LogP contribution in [0.4, 0.5) is 19.0 Å². The SMILES string of the molecule is COc1cccc(-c2ccc([C@@H](Oc3cc(N)nc(-c4ccc(C[C@H](N)C(=O)O)cc4)n3)C(F)(F)F)cc2)c1. The van der Waals surface area contributed by atoms with Gasteiger partial charge in [-0.3, -0.25) is 4.79 Å². The topological polar surface area (TPSA) is 134 Å². The molecule has 4 rings (SSSR count). The Balaban J connectivity index is 1.58. The molecule has 2 atom stereocenters. The fourth-order valence-electron chi connectivity index (χ4n) is 3.86. The van der Waals surface area contributed by atoms with Crippen molar-refractivity contribution in [2.45, 2.75) is 24.7 Å². The average Bonchev–Trinajstić information content (AvgIpc) is 2.91. The molecule has 0 unspecified atom stereocenters. The lowest BCUT2D eigenvalue weighted by atomic mass is 10.0. The first kappa shape index (κ1) is 27.4. The maximum absolute atomic E-state index is 14.1. The predicted molar refractivity (Wildman–Crippen MR) is 139 cm³/mol. The van der Waals surface area contributed by atoms with Crippen LogP contribution in [0.3, 0.4) is 0 Å². The minimum absolute atomic E-state index is 0.0494. The van der Waals surface area contributed by atoms with Crippen molar-refractivity contribution in [3.63, 3.8) is 0 Å². The molecule has 202 valence electrons. The zero-order chi connectivity index (χ0) is 28.2. The predicted octanol–water partition coefficient (Wildman–Crippen LogP) is 5.04. The summed E-state index contributed by atoms with van der Waals surface area (Å²) in [4.78, 5) is 19.2. The van der Waals surface area contributed by atoms with E-state index in [1.807, 2.05) is 6.07 Å². The number of carboxylic acids is 1. The molecule has 0 saturated heterocycles. The van der Waals surface area contributed by atoms with Gasteiger partial charge in [0.2, 0.25) is 12.0 Å². The van der Waals surface area contributed by atoms with Gasteiger partial charge in [-0.2, -0.15) is 18.2 Å². The van der Waals surface area contributed by atoms with Crippen LogP contribution >= 0.6 is 0 Å². The van der Waals surface area contributed by atoms with E-state index in [-0.39, 0.29) is 29.5 Å². The van der Waals surface area contributed by atoms with Crippen molar-refractivity contribution in [3.8, 4) is 34.1 Å². The highest BCUT2D eigenvalue weighted by Crippen LogP contribution is 2.38. The Kier molecular flexibility index (Phi) is 8.01. The van der Waals surface area contributed by atoms with Crippen LogP contribution in [0.2, 0.25) is 0 Å². The number of nitrogens with two attached hydrogens (primary N) is 2. The summed E-state index contributed by atoms with van der Waals surface area (Å²) in [7, 11) is 1.53. The molecule has 0 amide bonds. The minimum atomic E-state index is -4.75. The summed E-state index contributed by atoms with van der Waals surface area (Å²) in [6.45, 7) is 0. The number of ether oxygens (including phenoxy) is 2. The largest absolute Gasteiger partial charge is 0.497 e. The highest BCUT2D eigenvalue weighted by molar-refractivity contribution is 5.73. The lowest BCUT2D eigenvalue weighted by Gasteiger charge is -2.22. The monoisotopic (exact) mass is 538 g/mol. The van der Waals surface area contributed by atoms with Gasteiger partial charge in [-0.05, 0) is 35.2 Å². The van der Waals surface area contributed by atoms with Crippen molar-refractivity contribution >= 4 is 11.8 Å². The molecule has 0 aliphatic carbocycles. The quantitative estimate of drug-likeness (QED) is 0.270. The van der Waals surface area contributed by atoms with E-state index < -0.39 is 24.3 Å². The molecule has 0 spiro atoms. The van der Waals surface area contributed by atoms with Gasteiger partial charge >= 0.3 is 12.1 Å². The maximum Gasteiger partial charge on any atom is 0.429 e. The van der Waals surface area contributed by atoms with Crippen molar-refractivity contribution in [2.24, 2.45) is 5.73 Å². The number of aromatic nitrogens is 2. The number of aliphatic carboxylic acids is 1. The first-order chi connectivity index (χ1) is 18.5. The fraction of sp³-hybridized carbons (Fsp3) is 0.179. The summed E-state index contributed by atoms with van der Waals surface area (Å²) >= 11 is 0. The zero-order valence-electron chi connectivity index (χ0n) is 20.7. The number of anilines is 1. The van der Waals surface area contributed by atoms with Crippen LogP contribution in [0.5, 0.6) is 11.6 Å². The summed E-state index contributed by atoms with van der Waals surface area (Å²) in [5.41, 5.74) is 13.9. The third-order valence-electron chi connectivity index (χ3n) is 5.86. The van der Waals surface area contributed by atoms with Crippen LogP contribution < -0.4 is 20.9 Å². The molecule has 5 N–H and O–H groups in total. The number of hydrogen-bond acceptors (Lipinski definition) is 7. The Morgan fingerprint density at radius 2 is 1.62 bits per heavy atom. The molecule has 4 aromatic rings. The Hall–Kier alpha value is -4.64. The summed E-state index contributed by atoms with van der Waals surface area (Å²) in [6, 6.07) is 19.5. The maximum atomic E-state index is 14.1. The van der Waals surface area contributed by atoms with Gasteiger partial charge in [0.05, 0.1) is 7.11 Å². The van der Waals surface area contributed by atoms with Gasteiger partial charge in [-0.15, -0.1) is 0 Å². The van der Waals surface area contributed by atoms with E-state index in [9.17, 15) is 18.0 Å². The molecular weight excluding hydrogens is 513 g/mol. The Labute approximate surface area is 222 Å². The number of methoxy groups -OCH3 is 1. The Morgan fingerprint density at radius 3 is 2.23 bits per heavy atom. The molecule has 1 heterocycles. The van der Waals surface area contributed by atoms with E-state index in [1.54, 1.807) is 54.6 Å². The van der Waals surface area contributed by atoms with Crippen molar-refractivity contribution in [1.82, 2.24) is 9.97 Å². The van der Waals surface area contributed by atoms with Gasteiger partial charge in [0.25, 0.3) is 0 Å². The van der Waals surface area contributed by atoms with Gasteiger partial charge in [-0.25, -0.2) is 4.98 Å². The first-order valence-corrected chi connectivity index (χ1v) is 11.7. The lowest BCUT2D eigenvalue weighted by molar-refractivity contribution is -0.198. The second-order valence-corrected chi connectivity index (χ2v) is 8.69. The van der Waals surface area contributed by atoms with Crippen LogP contribution in [-0.2, 0) is 11.2 Å². The van der Waals surface area contributed by atoms with E-state index in [1.165, 1.54) is 19.2 Å². The number of nitrogens with zero attached hydrogens (tertiary/aromatic N) is 2. The van der Waals surface area contributed by atoms with Crippen LogP contribution in [0, 0.1) is 0 Å². The molecule has 11 heteroatoms. The number of carbonyl (C=O) groups is 1. The average molecular weight is 539 g/mol. The third kappa shape index (κ3) is 6.82. The number of alkyl halides is 3. The molecular formula is C28H25F3N4O4. The van der Waals surface area contributed by atoms with Gasteiger partial charge in [0.15, 0.2) is 5.82 Å². The normalized spacial score (nSPS) is 12.9. The van der Waals surface area contributed by atoms with E-state index >= 15 is 0 Å². The number of benzene rings is 3. The fourth-order valence-corrected chi connectivity index (χ4v) is 3.86. The smallest absolute Gasteiger partial charge is 0.429 e. The Bertz CT molecular complexity index is 1440. The second kappa shape index (κ2) is 11.4. The summed E-state index contributed by atoms with van der Waals surface area (Å²) < 4.78 is 52.8. The number of nitrogen functional groups attached to an aromatic ring is 1. The second-order valence-electron chi connectivity index (χ2n) is 8.69. The van der Waals surface area contributed by atoms with Crippen LogP contribution in [0.15, 0.2) is 78.9 Å². The molecule has 3 aromatic carbocycles. The van der Waals surface area contributed by atoms with Gasteiger partial charge in [0.1, 0.15) is 17.6 Å². The molecule has 0 saturated carbocycles. The summed E-state index contributed by atoms with van der Waals surface area (Å²) in [5, 5.41) is 8.98. The van der Waals surface area contributed by atoms with E-state index in [0.29, 0.717) is 22.4 Å². The van der Waals surface area contributed by atoms with Crippen LogP contribution in [0.1, 0.15) is 17.2 Å². The number of hydrogen-bond donors (Lipinski definition) is 3. The van der Waals surface area contributed by atoms with Crippen LogP contribution in [0.25, 0.3) is 22.5 Å². The van der Waals surface area contributed by atoms with E-state index in [2.05, 4.69) is 9.97 Å². The molecule has 0 bridgehead atoms. The summed E-state index contributed by atoms with van der Waals surface area (Å²) in [6.07, 6.45) is -6.95. The zero-order valence-corrected chi connectivity index (χ0v) is 20.7. The highest BCUT2D eigenvalue weighted by atomic mass is 19.4. The Morgan fingerprint density at radius 1 is 0.949 bits per heavy atom. The van der Waals surface area contributed by atoms with Gasteiger partial charge in [0, 0.05) is 17.2 Å². The number of carboxylic acid groups (broad SMARTS) is 1. The molecule has 39 heavy (non-hydrogen) atoms. The minimum Gasteiger partial charge on any atom is -0.497 e. The highest BCUT2D eigenvalue weighted by Gasteiger charge is 2.43. The van der Waals surface area contributed by atoms with Crippen molar-refractivity contribution < 1.29 is 32.5 Å². The van der Waals surface area contributed by atoms with E-state index in [0.717, 1.165) is 11.6 Å². The number of rotatable bonds is 9. The molecule has 0 radical (unpaired) electrons. The molecule has 1 aromatic heterocycles. The molecule has 0 fully saturated rings. The summed E-state index contributed by atoms with van der Waals surface area (Å²) in [5.74, 6) is -0.888. The van der Waals surface area contributed by atoms with Crippen molar-refractivity contribution in [3.05, 3.63) is 90.0 Å². The molecule has 0 aliphatic rings. The first-order valence-electron chi connectivity index (χ1n) is 11.7.